The van der Waals surface area contributed by atoms with Crippen molar-refractivity contribution < 1.29 is 33.7 Å². The predicted molar refractivity (Wildman–Crippen MR) is 261 cm³/mol. The Labute approximate surface area is 385 Å². The van der Waals surface area contributed by atoms with Crippen LogP contribution in [0.1, 0.15) is 28.9 Å². The normalized spacial score (nSPS) is 15.0. The minimum atomic E-state index is -0.809. The number of urea groups is 2. The monoisotopic (exact) mass is 896 g/mol. The van der Waals surface area contributed by atoms with Crippen molar-refractivity contribution in [1.29, 1.82) is 0 Å². The molecule has 0 saturated heterocycles. The second-order valence-electron chi connectivity index (χ2n) is 16.5. The van der Waals surface area contributed by atoms with Crippen molar-refractivity contribution in [3.05, 3.63) is 169 Å². The SMILES string of the molecule is COC(=O)C(c1ccccc1)N1CC(Cc2cc3ccc(NC(=O)Nc4ccc5c(c4)N(C(CO)c4ccccc4)CCO5)cc3[nH]2)Oc2ccc(NC(=O)Nc3ccc4cc[nH]c4c3)cc21. The molecule has 2 aliphatic heterocycles. The van der Waals surface area contributed by atoms with Crippen LogP contribution in [0.25, 0.3) is 21.8 Å². The lowest BCUT2D eigenvalue weighted by molar-refractivity contribution is -0.142. The fourth-order valence-corrected chi connectivity index (χ4v) is 9.03. The summed E-state index contributed by atoms with van der Waals surface area (Å²) in [7, 11) is 1.37. The first-order valence-electron chi connectivity index (χ1n) is 22.0. The van der Waals surface area contributed by atoms with E-state index in [1.807, 2.05) is 132 Å². The minimum absolute atomic E-state index is 0.0790. The van der Waals surface area contributed by atoms with E-state index < -0.39 is 30.2 Å². The molecule has 4 amide bonds. The number of ether oxygens (including phenoxy) is 3. The Balaban J connectivity index is 0.847. The second-order valence-corrected chi connectivity index (χ2v) is 16.5. The van der Waals surface area contributed by atoms with Gasteiger partial charge in [-0.2, -0.15) is 0 Å². The molecule has 338 valence electrons. The molecule has 6 aromatic carbocycles. The van der Waals surface area contributed by atoms with E-state index in [2.05, 4.69) is 36.1 Å². The van der Waals surface area contributed by atoms with Gasteiger partial charge < -0.3 is 60.4 Å². The molecule has 3 unspecified atom stereocenters. The highest BCUT2D eigenvalue weighted by Crippen LogP contribution is 2.42. The first-order chi connectivity index (χ1) is 32.8. The van der Waals surface area contributed by atoms with Crippen molar-refractivity contribution in [2.45, 2.75) is 24.6 Å². The van der Waals surface area contributed by atoms with Crippen LogP contribution < -0.4 is 40.5 Å². The summed E-state index contributed by atoms with van der Waals surface area (Å²) >= 11 is 0. The fraction of sp³-hybridized carbons (Fsp3) is 0.173. The van der Waals surface area contributed by atoms with Gasteiger partial charge in [-0.1, -0.05) is 72.8 Å². The number of hydrogen-bond donors (Lipinski definition) is 7. The van der Waals surface area contributed by atoms with Crippen LogP contribution in [0.3, 0.4) is 0 Å². The van der Waals surface area contributed by atoms with Crippen LogP contribution in [0.5, 0.6) is 11.5 Å². The number of aromatic nitrogens is 2. The maximum Gasteiger partial charge on any atom is 0.333 e. The highest BCUT2D eigenvalue weighted by atomic mass is 16.5. The molecule has 2 aliphatic rings. The van der Waals surface area contributed by atoms with Gasteiger partial charge >= 0.3 is 18.0 Å². The molecule has 0 saturated carbocycles. The number of esters is 1. The van der Waals surface area contributed by atoms with E-state index in [0.29, 0.717) is 66.1 Å². The average molecular weight is 897 g/mol. The first-order valence-corrected chi connectivity index (χ1v) is 22.0. The number of carbonyl (C=O) groups excluding carboxylic acids is 3. The molecule has 10 rings (SSSR count). The number of nitrogens with one attached hydrogen (secondary N) is 6. The number of methoxy groups -OCH3 is 1. The van der Waals surface area contributed by atoms with E-state index >= 15 is 0 Å². The minimum Gasteiger partial charge on any atom is -0.490 e. The van der Waals surface area contributed by atoms with E-state index in [0.717, 1.165) is 44.3 Å². The Morgan fingerprint density at radius 3 is 1.96 bits per heavy atom. The number of aliphatic hydroxyl groups excluding tert-OH is 1. The van der Waals surface area contributed by atoms with Gasteiger partial charge in [-0.05, 0) is 94.7 Å². The highest BCUT2D eigenvalue weighted by Gasteiger charge is 2.37. The van der Waals surface area contributed by atoms with Crippen LogP contribution in [0.15, 0.2) is 152 Å². The summed E-state index contributed by atoms with van der Waals surface area (Å²) in [6.07, 6.45) is 1.91. The maximum absolute atomic E-state index is 13.7. The molecule has 2 aromatic heterocycles. The van der Waals surface area contributed by atoms with Gasteiger partial charge in [-0.15, -0.1) is 0 Å². The number of anilines is 6. The number of hydrogen-bond acceptors (Lipinski definition) is 9. The van der Waals surface area contributed by atoms with Gasteiger partial charge in [0.15, 0.2) is 6.04 Å². The smallest absolute Gasteiger partial charge is 0.333 e. The van der Waals surface area contributed by atoms with E-state index in [-0.39, 0.29) is 12.6 Å². The van der Waals surface area contributed by atoms with E-state index in [1.165, 1.54) is 7.11 Å². The summed E-state index contributed by atoms with van der Waals surface area (Å²) in [5, 5.41) is 24.1. The number of carbonyl (C=O) groups is 3. The predicted octanol–water partition coefficient (Wildman–Crippen LogP) is 9.59. The zero-order valence-corrected chi connectivity index (χ0v) is 36.5. The topological polar surface area (TPSA) is 185 Å². The summed E-state index contributed by atoms with van der Waals surface area (Å²) in [5.41, 5.74) is 8.04. The van der Waals surface area contributed by atoms with Crippen molar-refractivity contribution in [2.75, 3.05) is 64.5 Å². The fourth-order valence-electron chi connectivity index (χ4n) is 9.03. The molecule has 8 aromatic rings. The lowest BCUT2D eigenvalue weighted by Crippen LogP contribution is -2.45. The molecule has 0 bridgehead atoms. The standard InChI is InChI=1S/C52H48N8O7/c1-65-50(62)49(34-10-6-3-7-11-34)60-30-41(67-48-19-17-39(29-45(48)60)58-51(63)55-36-14-12-32-20-21-53-42(32)26-36)25-40-24-35-13-15-37(27-43(35)54-40)56-52(64)57-38-16-18-47-44(28-38)59(22-23-66-47)46(31-61)33-8-4-2-5-9-33/h2-21,24,26-29,41,46,49,53-54,61H,22-23,25,30-31H2,1H3,(H2,55,58,63)(H2,56,57,64). The van der Waals surface area contributed by atoms with Gasteiger partial charge in [0.25, 0.3) is 0 Å². The third-order valence-electron chi connectivity index (χ3n) is 12.1. The highest BCUT2D eigenvalue weighted by molar-refractivity contribution is 6.02. The van der Waals surface area contributed by atoms with Crippen molar-refractivity contribution in [3.63, 3.8) is 0 Å². The number of amides is 4. The van der Waals surface area contributed by atoms with Gasteiger partial charge in [-0.25, -0.2) is 14.4 Å². The van der Waals surface area contributed by atoms with Crippen LogP contribution in [0, 0.1) is 0 Å². The second kappa shape index (κ2) is 18.6. The molecule has 4 heterocycles. The summed E-state index contributed by atoms with van der Waals surface area (Å²) in [4.78, 5) is 51.0. The van der Waals surface area contributed by atoms with Gasteiger partial charge in [0.05, 0.1) is 44.2 Å². The van der Waals surface area contributed by atoms with Gasteiger partial charge in [0.2, 0.25) is 0 Å². The van der Waals surface area contributed by atoms with Gasteiger partial charge in [0.1, 0.15) is 24.2 Å². The number of aromatic amines is 2. The third kappa shape index (κ3) is 9.13. The van der Waals surface area contributed by atoms with Gasteiger partial charge in [-0.3, -0.25) is 0 Å². The zero-order chi connectivity index (χ0) is 45.9. The number of aliphatic hydroxyl groups is 1. The number of rotatable bonds is 12. The number of benzene rings is 6. The van der Waals surface area contributed by atoms with Crippen molar-refractivity contribution in [3.8, 4) is 11.5 Å². The average Bonchev–Trinajstić information content (AvgIpc) is 3.99. The summed E-state index contributed by atoms with van der Waals surface area (Å²) in [6, 6.07) is 43.5. The summed E-state index contributed by atoms with van der Waals surface area (Å²) in [5.74, 6) is 0.783. The summed E-state index contributed by atoms with van der Waals surface area (Å²) in [6.45, 7) is 1.29. The van der Waals surface area contributed by atoms with Crippen LogP contribution in [0.2, 0.25) is 0 Å². The molecule has 0 fully saturated rings. The molecule has 0 spiro atoms. The van der Waals surface area contributed by atoms with E-state index in [1.54, 1.807) is 24.3 Å². The number of nitrogens with zero attached hydrogens (tertiary/aromatic N) is 2. The molecule has 67 heavy (non-hydrogen) atoms. The van der Waals surface area contributed by atoms with E-state index in [9.17, 15) is 19.5 Å². The Morgan fingerprint density at radius 1 is 0.687 bits per heavy atom. The molecule has 3 atom stereocenters. The quantitative estimate of drug-likeness (QED) is 0.0587. The number of H-pyrrole nitrogens is 2. The molecule has 0 aliphatic carbocycles. The van der Waals surface area contributed by atoms with Crippen molar-refractivity contribution >= 4 is 74.0 Å². The largest absolute Gasteiger partial charge is 0.490 e. The molecular weight excluding hydrogens is 849 g/mol. The van der Waals surface area contributed by atoms with Crippen molar-refractivity contribution in [2.24, 2.45) is 0 Å². The first kappa shape index (κ1) is 42.5. The Bertz CT molecular complexity index is 3080. The third-order valence-corrected chi connectivity index (χ3v) is 12.1. The maximum atomic E-state index is 13.7. The van der Waals surface area contributed by atoms with Crippen LogP contribution in [0.4, 0.5) is 43.7 Å². The number of fused-ring (bicyclic) bond motifs is 4. The van der Waals surface area contributed by atoms with Gasteiger partial charge in [0, 0.05) is 52.1 Å². The Kier molecular flexibility index (Phi) is 11.8. The molecular formula is C52H48N8O7. The van der Waals surface area contributed by atoms with Crippen LogP contribution in [-0.4, -0.2) is 72.6 Å². The lowest BCUT2D eigenvalue weighted by Gasteiger charge is -2.40. The lowest BCUT2D eigenvalue weighted by atomic mass is 10.0. The molecule has 7 N–H and O–H groups in total. The molecule has 0 radical (unpaired) electrons. The zero-order valence-electron chi connectivity index (χ0n) is 36.5. The Morgan fingerprint density at radius 2 is 1.28 bits per heavy atom. The van der Waals surface area contributed by atoms with Crippen LogP contribution in [-0.2, 0) is 16.0 Å². The Hall–Kier alpha value is -8.43. The van der Waals surface area contributed by atoms with Crippen LogP contribution >= 0.6 is 0 Å². The van der Waals surface area contributed by atoms with E-state index in [4.69, 9.17) is 14.2 Å². The van der Waals surface area contributed by atoms with Crippen molar-refractivity contribution in [1.82, 2.24) is 9.97 Å². The molecule has 15 nitrogen and oxygen atoms in total. The molecule has 15 heteroatoms. The summed E-state index contributed by atoms with van der Waals surface area (Å²) < 4.78 is 17.9.